The lowest BCUT2D eigenvalue weighted by Crippen LogP contribution is -2.05. The summed E-state index contributed by atoms with van der Waals surface area (Å²) in [4.78, 5) is 15.2. The maximum atomic E-state index is 14.2. The molecule has 3 heterocycles. The molecule has 0 radical (unpaired) electrons. The minimum absolute atomic E-state index is 0.0231. The van der Waals surface area contributed by atoms with Crippen LogP contribution < -0.4 is 0 Å². The molecule has 9 nitrogen and oxygen atoms in total. The fourth-order valence-electron chi connectivity index (χ4n) is 4.00. The monoisotopic (exact) mass is 477 g/mol. The highest BCUT2D eigenvalue weighted by atomic mass is 19.4. The molecule has 174 valence electrons. The molecule has 5 rings (SSSR count). The molecule has 0 N–H and O–H groups in total. The number of aryl methyl sites for hydroxylation is 1. The van der Waals surface area contributed by atoms with Crippen molar-refractivity contribution in [1.29, 1.82) is 5.26 Å². The van der Waals surface area contributed by atoms with Crippen molar-refractivity contribution in [2.24, 2.45) is 7.05 Å². The first-order valence-electron chi connectivity index (χ1n) is 10.1. The zero-order valence-electron chi connectivity index (χ0n) is 17.9. The summed E-state index contributed by atoms with van der Waals surface area (Å²) >= 11 is 0. The Labute approximate surface area is 195 Å². The van der Waals surface area contributed by atoms with E-state index in [4.69, 9.17) is 5.26 Å². The zero-order chi connectivity index (χ0) is 24.9. The molecule has 0 atom stereocenters. The van der Waals surface area contributed by atoms with Gasteiger partial charge in [-0.15, -0.1) is 0 Å². The summed E-state index contributed by atoms with van der Waals surface area (Å²) in [5.74, 6) is 0. The fraction of sp³-hybridized carbons (Fsp3) is 0.0870. The van der Waals surface area contributed by atoms with Crippen molar-refractivity contribution in [3.8, 4) is 28.7 Å². The van der Waals surface area contributed by atoms with Gasteiger partial charge >= 0.3 is 6.18 Å². The van der Waals surface area contributed by atoms with Gasteiger partial charge in [-0.2, -0.15) is 23.5 Å². The Morgan fingerprint density at radius 1 is 1.11 bits per heavy atom. The Balaban J connectivity index is 1.77. The van der Waals surface area contributed by atoms with Crippen molar-refractivity contribution >= 4 is 16.6 Å². The number of imidazole rings is 1. The average molecular weight is 477 g/mol. The molecule has 0 amide bonds. The van der Waals surface area contributed by atoms with Crippen molar-refractivity contribution in [3.05, 3.63) is 88.8 Å². The first-order chi connectivity index (χ1) is 16.7. The standard InChI is InChI=1S/C23H14F3N7O2/c1-30-10-15(9-29-30)17-12-31(13-28-17)19-3-2-4-20-22(19)16(23(24,25)26)11-32(20)18-6-5-14(8-27)7-21(18)33(34)35/h2-7,9-13H,1H3. The summed E-state index contributed by atoms with van der Waals surface area (Å²) in [6.07, 6.45) is 2.41. The number of nitro groups is 1. The van der Waals surface area contributed by atoms with Crippen molar-refractivity contribution in [2.75, 3.05) is 0 Å². The van der Waals surface area contributed by atoms with E-state index in [0.717, 1.165) is 16.8 Å². The van der Waals surface area contributed by atoms with Crippen molar-refractivity contribution in [3.63, 3.8) is 0 Å². The minimum Gasteiger partial charge on any atom is -0.310 e. The summed E-state index contributed by atoms with van der Waals surface area (Å²) in [6.45, 7) is 0. The predicted octanol–water partition coefficient (Wildman–Crippen LogP) is 5.02. The lowest BCUT2D eigenvalue weighted by Gasteiger charge is -2.10. The van der Waals surface area contributed by atoms with E-state index >= 15 is 0 Å². The van der Waals surface area contributed by atoms with Gasteiger partial charge in [0, 0.05) is 42.7 Å². The Bertz CT molecular complexity index is 1650. The predicted molar refractivity (Wildman–Crippen MR) is 119 cm³/mol. The number of fused-ring (bicyclic) bond motifs is 1. The van der Waals surface area contributed by atoms with Gasteiger partial charge in [0.15, 0.2) is 0 Å². The molecule has 35 heavy (non-hydrogen) atoms. The van der Waals surface area contributed by atoms with E-state index in [1.54, 1.807) is 42.5 Å². The third-order valence-corrected chi connectivity index (χ3v) is 5.54. The van der Waals surface area contributed by atoms with Crippen LogP contribution >= 0.6 is 0 Å². The first kappa shape index (κ1) is 21.9. The van der Waals surface area contributed by atoms with Crippen LogP contribution in [0.1, 0.15) is 11.1 Å². The minimum atomic E-state index is -4.74. The molecule has 0 saturated carbocycles. The van der Waals surface area contributed by atoms with Crippen molar-refractivity contribution in [1.82, 2.24) is 23.9 Å². The molecule has 0 bridgehead atoms. The maximum absolute atomic E-state index is 14.2. The lowest BCUT2D eigenvalue weighted by atomic mass is 10.1. The van der Waals surface area contributed by atoms with Gasteiger partial charge in [0.2, 0.25) is 0 Å². The summed E-state index contributed by atoms with van der Waals surface area (Å²) in [6, 6.07) is 9.96. The maximum Gasteiger partial charge on any atom is 0.418 e. The van der Waals surface area contributed by atoms with Crippen LogP contribution in [0.15, 0.2) is 67.5 Å². The number of benzene rings is 2. The highest BCUT2D eigenvalue weighted by molar-refractivity contribution is 5.94. The Morgan fingerprint density at radius 2 is 1.91 bits per heavy atom. The molecule has 0 fully saturated rings. The fourth-order valence-corrected chi connectivity index (χ4v) is 4.00. The number of rotatable bonds is 4. The number of aromatic nitrogens is 5. The zero-order valence-corrected chi connectivity index (χ0v) is 17.9. The van der Waals surface area contributed by atoms with E-state index in [0.29, 0.717) is 11.3 Å². The third kappa shape index (κ3) is 3.68. The number of halogens is 3. The van der Waals surface area contributed by atoms with Crippen LogP contribution in [0.5, 0.6) is 0 Å². The first-order valence-corrected chi connectivity index (χ1v) is 10.1. The molecular formula is C23H14F3N7O2. The highest BCUT2D eigenvalue weighted by Gasteiger charge is 2.36. The van der Waals surface area contributed by atoms with Gasteiger partial charge < -0.3 is 9.13 Å². The van der Waals surface area contributed by atoms with E-state index < -0.39 is 22.4 Å². The van der Waals surface area contributed by atoms with Crippen LogP contribution in [0.4, 0.5) is 18.9 Å². The van der Waals surface area contributed by atoms with Crippen molar-refractivity contribution < 1.29 is 18.1 Å². The number of alkyl halides is 3. The summed E-state index contributed by atoms with van der Waals surface area (Å²) in [7, 11) is 1.74. The molecule has 0 spiro atoms. The number of nitriles is 1. The molecule has 2 aromatic carbocycles. The Kier molecular flexibility index (Phi) is 4.91. The molecular weight excluding hydrogens is 463 g/mol. The van der Waals surface area contributed by atoms with Gasteiger partial charge in [-0.3, -0.25) is 14.8 Å². The second-order valence-corrected chi connectivity index (χ2v) is 7.72. The van der Waals surface area contributed by atoms with Gasteiger partial charge in [-0.05, 0) is 24.3 Å². The topological polar surface area (TPSA) is 108 Å². The summed E-state index contributed by atoms with van der Waals surface area (Å²) < 4.78 is 46.7. The van der Waals surface area contributed by atoms with Crippen molar-refractivity contribution in [2.45, 2.75) is 6.18 Å². The average Bonchev–Trinajstić information content (AvgIpc) is 3.56. The normalized spacial score (nSPS) is 11.6. The van der Waals surface area contributed by atoms with Gasteiger partial charge in [0.1, 0.15) is 5.69 Å². The third-order valence-electron chi connectivity index (χ3n) is 5.54. The van der Waals surface area contributed by atoms with Crippen LogP contribution in [0.3, 0.4) is 0 Å². The SMILES string of the molecule is Cn1cc(-c2cn(-c3cccc4c3c(C(F)(F)F)cn4-c3ccc(C#N)cc3[N+](=O)[O-])cn2)cn1. The largest absolute Gasteiger partial charge is 0.418 e. The number of nitro benzene ring substituents is 1. The van der Waals surface area contributed by atoms with Crippen LogP contribution in [-0.2, 0) is 13.2 Å². The number of hydrogen-bond acceptors (Lipinski definition) is 5. The summed E-state index contributed by atoms with van der Waals surface area (Å²) in [5, 5.41) is 24.7. The molecule has 0 aliphatic heterocycles. The summed E-state index contributed by atoms with van der Waals surface area (Å²) in [5.41, 5.74) is 0.0149. The Hall–Kier alpha value is -4.92. The number of hydrogen-bond donors (Lipinski definition) is 0. The van der Waals surface area contributed by atoms with E-state index in [2.05, 4.69) is 10.1 Å². The molecule has 0 saturated heterocycles. The van der Waals surface area contributed by atoms with Gasteiger partial charge in [0.25, 0.3) is 5.69 Å². The molecule has 0 aliphatic carbocycles. The number of nitrogens with zero attached hydrogens (tertiary/aromatic N) is 7. The Morgan fingerprint density at radius 3 is 2.57 bits per heavy atom. The van der Waals surface area contributed by atoms with E-state index in [9.17, 15) is 23.3 Å². The lowest BCUT2D eigenvalue weighted by molar-refractivity contribution is -0.384. The quantitative estimate of drug-likeness (QED) is 0.267. The van der Waals surface area contributed by atoms with E-state index in [-0.39, 0.29) is 27.8 Å². The van der Waals surface area contributed by atoms with Crippen LogP contribution in [0.25, 0.3) is 33.5 Å². The van der Waals surface area contributed by atoms with E-state index in [1.165, 1.54) is 35.2 Å². The molecule has 3 aromatic heterocycles. The second kappa shape index (κ2) is 7.84. The smallest absolute Gasteiger partial charge is 0.310 e. The second-order valence-electron chi connectivity index (χ2n) is 7.72. The van der Waals surface area contributed by atoms with Gasteiger partial charge in [-0.1, -0.05) is 6.07 Å². The molecule has 0 unspecified atom stereocenters. The molecule has 12 heteroatoms. The van der Waals surface area contributed by atoms with Crippen LogP contribution in [-0.4, -0.2) is 28.8 Å². The highest BCUT2D eigenvalue weighted by Crippen LogP contribution is 2.41. The van der Waals surface area contributed by atoms with Crippen LogP contribution in [0, 0.1) is 21.4 Å². The molecule has 0 aliphatic rings. The van der Waals surface area contributed by atoms with E-state index in [1.807, 2.05) is 0 Å². The van der Waals surface area contributed by atoms with Gasteiger partial charge in [0.05, 0.1) is 51.5 Å². The molecule has 5 aromatic rings. The van der Waals surface area contributed by atoms with Gasteiger partial charge in [-0.25, -0.2) is 4.98 Å². The van der Waals surface area contributed by atoms with Crippen LogP contribution in [0.2, 0.25) is 0 Å².